The summed E-state index contributed by atoms with van der Waals surface area (Å²) >= 11 is 0. The SMILES string of the molecule is Cc1ccc(S(=O)(=O)N2CCC(=O)C(CCOCc3ccc(C(F)(F)F)cc3)CC2)cc1. The number of carbonyl (C=O) groups excluding carboxylic acids is 1. The van der Waals surface area contributed by atoms with Crippen LogP contribution in [0.3, 0.4) is 0 Å². The Balaban J connectivity index is 1.50. The van der Waals surface area contributed by atoms with Crippen molar-refractivity contribution < 1.29 is 31.1 Å². The van der Waals surface area contributed by atoms with Crippen LogP contribution in [0.5, 0.6) is 0 Å². The quantitative estimate of drug-likeness (QED) is 0.557. The minimum atomic E-state index is -4.37. The first-order valence-corrected chi connectivity index (χ1v) is 11.8. The van der Waals surface area contributed by atoms with Gasteiger partial charge in [0.25, 0.3) is 0 Å². The molecule has 1 heterocycles. The molecule has 1 fully saturated rings. The standard InChI is InChI=1S/C23H26F3NO4S/c1-17-2-8-21(9-3-17)32(29,30)27-13-10-19(22(28)11-14-27)12-15-31-16-18-4-6-20(7-5-18)23(24,25)26/h2-9,19H,10-16H2,1H3. The van der Waals surface area contributed by atoms with Gasteiger partial charge < -0.3 is 4.74 Å². The van der Waals surface area contributed by atoms with Gasteiger partial charge in [0.05, 0.1) is 17.1 Å². The van der Waals surface area contributed by atoms with Gasteiger partial charge in [0.15, 0.2) is 0 Å². The second-order valence-corrected chi connectivity index (χ2v) is 9.89. The zero-order valence-corrected chi connectivity index (χ0v) is 18.6. The number of alkyl halides is 3. The molecule has 5 nitrogen and oxygen atoms in total. The lowest BCUT2D eigenvalue weighted by molar-refractivity contribution is -0.137. The third-order valence-electron chi connectivity index (χ3n) is 5.61. The molecule has 3 rings (SSSR count). The van der Waals surface area contributed by atoms with Gasteiger partial charge in [-0.15, -0.1) is 0 Å². The lowest BCUT2D eigenvalue weighted by Crippen LogP contribution is -2.32. The number of hydrogen-bond donors (Lipinski definition) is 0. The maximum absolute atomic E-state index is 12.9. The van der Waals surface area contributed by atoms with Crippen molar-refractivity contribution in [3.8, 4) is 0 Å². The molecule has 0 bridgehead atoms. The molecule has 2 aromatic rings. The highest BCUT2D eigenvalue weighted by Gasteiger charge is 2.31. The van der Waals surface area contributed by atoms with E-state index in [1.165, 1.54) is 16.4 Å². The number of aryl methyl sites for hydroxylation is 1. The number of ketones is 1. The van der Waals surface area contributed by atoms with Crippen molar-refractivity contribution in [2.24, 2.45) is 5.92 Å². The molecule has 0 aromatic heterocycles. The molecule has 1 unspecified atom stereocenters. The highest BCUT2D eigenvalue weighted by Crippen LogP contribution is 2.29. The van der Waals surface area contributed by atoms with Crippen molar-refractivity contribution in [3.63, 3.8) is 0 Å². The maximum atomic E-state index is 12.9. The topological polar surface area (TPSA) is 63.7 Å². The predicted octanol–water partition coefficient (Wildman–Crippen LogP) is 4.59. The van der Waals surface area contributed by atoms with Crippen LogP contribution in [0.25, 0.3) is 0 Å². The van der Waals surface area contributed by atoms with Crippen molar-refractivity contribution >= 4 is 15.8 Å². The van der Waals surface area contributed by atoms with Crippen molar-refractivity contribution in [2.75, 3.05) is 19.7 Å². The van der Waals surface area contributed by atoms with E-state index in [2.05, 4.69) is 0 Å². The molecule has 0 saturated carbocycles. The first-order chi connectivity index (χ1) is 15.1. The Hall–Kier alpha value is -2.23. The largest absolute Gasteiger partial charge is 0.416 e. The Labute approximate surface area is 186 Å². The minimum absolute atomic E-state index is 0.00439. The van der Waals surface area contributed by atoms with Gasteiger partial charge in [-0.25, -0.2) is 8.42 Å². The van der Waals surface area contributed by atoms with E-state index in [0.717, 1.165) is 17.7 Å². The molecule has 2 aromatic carbocycles. The third-order valence-corrected chi connectivity index (χ3v) is 7.52. The number of benzene rings is 2. The molecule has 1 saturated heterocycles. The molecule has 0 amide bonds. The second-order valence-electron chi connectivity index (χ2n) is 7.95. The summed E-state index contributed by atoms with van der Waals surface area (Å²) in [7, 11) is -3.65. The van der Waals surface area contributed by atoms with Crippen LogP contribution in [0.1, 0.15) is 36.0 Å². The van der Waals surface area contributed by atoms with Gasteiger partial charge in [-0.2, -0.15) is 17.5 Å². The zero-order valence-electron chi connectivity index (χ0n) is 17.8. The third kappa shape index (κ3) is 6.17. The Morgan fingerprint density at radius 2 is 1.69 bits per heavy atom. The second kappa shape index (κ2) is 10.1. The van der Waals surface area contributed by atoms with E-state index >= 15 is 0 Å². The van der Waals surface area contributed by atoms with Crippen molar-refractivity contribution in [2.45, 2.75) is 43.9 Å². The van der Waals surface area contributed by atoms with Crippen LogP contribution in [0.2, 0.25) is 0 Å². The number of carbonyl (C=O) groups is 1. The summed E-state index contributed by atoms with van der Waals surface area (Å²) in [6.45, 7) is 2.70. The van der Waals surface area contributed by atoms with Crippen molar-refractivity contribution in [1.82, 2.24) is 4.31 Å². The zero-order chi connectivity index (χ0) is 23.4. The van der Waals surface area contributed by atoms with Crippen LogP contribution < -0.4 is 0 Å². The molecule has 0 radical (unpaired) electrons. The first-order valence-electron chi connectivity index (χ1n) is 10.4. The lowest BCUT2D eigenvalue weighted by atomic mass is 9.96. The summed E-state index contributed by atoms with van der Waals surface area (Å²) in [6.07, 6.45) is -3.37. The molecule has 0 N–H and O–H groups in total. The van der Waals surface area contributed by atoms with Gasteiger partial charge in [0.2, 0.25) is 10.0 Å². The summed E-state index contributed by atoms with van der Waals surface area (Å²) in [6, 6.07) is 11.4. The molecule has 1 aliphatic rings. The van der Waals surface area contributed by atoms with E-state index in [-0.39, 0.29) is 49.3 Å². The van der Waals surface area contributed by atoms with E-state index < -0.39 is 21.8 Å². The van der Waals surface area contributed by atoms with Gasteiger partial charge >= 0.3 is 6.18 Å². The fraction of sp³-hybridized carbons (Fsp3) is 0.435. The van der Waals surface area contributed by atoms with Gasteiger partial charge in [0, 0.05) is 32.0 Å². The summed E-state index contributed by atoms with van der Waals surface area (Å²) < 4.78 is 70.5. The van der Waals surface area contributed by atoms with Crippen LogP contribution in [0.4, 0.5) is 13.2 Å². The lowest BCUT2D eigenvalue weighted by Gasteiger charge is -2.20. The van der Waals surface area contributed by atoms with E-state index in [1.807, 2.05) is 6.92 Å². The number of sulfonamides is 1. The monoisotopic (exact) mass is 469 g/mol. The average molecular weight is 470 g/mol. The van der Waals surface area contributed by atoms with Crippen LogP contribution >= 0.6 is 0 Å². The highest BCUT2D eigenvalue weighted by atomic mass is 32.2. The molecular formula is C23H26F3NO4S. The molecule has 174 valence electrons. The average Bonchev–Trinajstić information content (AvgIpc) is 2.93. The number of ether oxygens (including phenoxy) is 1. The van der Waals surface area contributed by atoms with Gasteiger partial charge in [0.1, 0.15) is 5.78 Å². The fourth-order valence-corrected chi connectivity index (χ4v) is 5.08. The smallest absolute Gasteiger partial charge is 0.377 e. The Morgan fingerprint density at radius 3 is 2.31 bits per heavy atom. The highest BCUT2D eigenvalue weighted by molar-refractivity contribution is 7.89. The molecule has 1 atom stereocenters. The van der Waals surface area contributed by atoms with E-state index in [1.54, 1.807) is 24.3 Å². The summed E-state index contributed by atoms with van der Waals surface area (Å²) in [5.41, 5.74) is 0.863. The van der Waals surface area contributed by atoms with Gasteiger partial charge in [-0.05, 0) is 49.6 Å². The number of Topliss-reactive ketones (excluding diaryl/α,β-unsaturated/α-hetero) is 1. The Bertz CT molecular complexity index is 1020. The van der Waals surface area contributed by atoms with Crippen LogP contribution in [-0.2, 0) is 32.3 Å². The predicted molar refractivity (Wildman–Crippen MR) is 113 cm³/mol. The fourth-order valence-electron chi connectivity index (χ4n) is 3.62. The maximum Gasteiger partial charge on any atom is 0.416 e. The van der Waals surface area contributed by atoms with E-state index in [9.17, 15) is 26.4 Å². The minimum Gasteiger partial charge on any atom is -0.377 e. The summed E-state index contributed by atoms with van der Waals surface area (Å²) in [5.74, 6) is -0.300. The van der Waals surface area contributed by atoms with Crippen LogP contribution in [0, 0.1) is 12.8 Å². The Morgan fingerprint density at radius 1 is 1.03 bits per heavy atom. The molecule has 9 heteroatoms. The van der Waals surface area contributed by atoms with E-state index in [0.29, 0.717) is 18.4 Å². The molecule has 32 heavy (non-hydrogen) atoms. The normalized spacial score (nSPS) is 18.5. The van der Waals surface area contributed by atoms with Crippen molar-refractivity contribution in [1.29, 1.82) is 0 Å². The number of rotatable bonds is 7. The number of halogens is 3. The molecular weight excluding hydrogens is 443 g/mol. The van der Waals surface area contributed by atoms with Crippen LogP contribution in [-0.4, -0.2) is 38.2 Å². The first kappa shape index (κ1) is 24.4. The molecule has 1 aliphatic heterocycles. The van der Waals surface area contributed by atoms with Crippen LogP contribution in [0.15, 0.2) is 53.4 Å². The van der Waals surface area contributed by atoms with Crippen molar-refractivity contribution in [3.05, 3.63) is 65.2 Å². The number of hydrogen-bond acceptors (Lipinski definition) is 4. The Kier molecular flexibility index (Phi) is 7.74. The molecule has 0 aliphatic carbocycles. The summed E-state index contributed by atoms with van der Waals surface area (Å²) in [4.78, 5) is 12.7. The van der Waals surface area contributed by atoms with Gasteiger partial charge in [-0.1, -0.05) is 29.8 Å². The van der Waals surface area contributed by atoms with Gasteiger partial charge in [-0.3, -0.25) is 4.79 Å². The number of nitrogens with zero attached hydrogens (tertiary/aromatic N) is 1. The van der Waals surface area contributed by atoms with E-state index in [4.69, 9.17) is 4.74 Å². The molecule has 0 spiro atoms. The summed E-state index contributed by atoms with van der Waals surface area (Å²) in [5, 5.41) is 0.